The van der Waals surface area contributed by atoms with Gasteiger partial charge in [0, 0.05) is 19.0 Å². The minimum atomic E-state index is -0.722. The van der Waals surface area contributed by atoms with E-state index in [4.69, 9.17) is 5.73 Å². The first-order valence-electron chi connectivity index (χ1n) is 10.4. The zero-order valence-electron chi connectivity index (χ0n) is 18.9. The number of carbonyl (C=O) groups excluding carboxylic acids is 3. The molecule has 1 aromatic heterocycles. The number of halogens is 1. The molecule has 0 saturated carbocycles. The summed E-state index contributed by atoms with van der Waals surface area (Å²) in [5.41, 5.74) is 8.84. The van der Waals surface area contributed by atoms with Crippen LogP contribution in [0, 0.1) is 12.7 Å². The van der Waals surface area contributed by atoms with E-state index in [1.54, 1.807) is 37.3 Å². The van der Waals surface area contributed by atoms with Crippen LogP contribution < -0.4 is 16.4 Å². The van der Waals surface area contributed by atoms with Crippen molar-refractivity contribution in [3.63, 3.8) is 0 Å². The number of amides is 3. The molecule has 4 N–H and O–H groups in total. The van der Waals surface area contributed by atoms with Crippen molar-refractivity contribution in [2.45, 2.75) is 40.2 Å². The number of anilines is 1. The SMILES string of the molecule is CC(=O)Nc1c(C(C)C)nn(-c2ccc(CNC(=O)c3cc(F)ccc3C)cc2)c1C(N)=O. The van der Waals surface area contributed by atoms with E-state index in [0.29, 0.717) is 22.6 Å². The van der Waals surface area contributed by atoms with Gasteiger partial charge in [0.15, 0.2) is 5.69 Å². The predicted molar refractivity (Wildman–Crippen MR) is 123 cm³/mol. The second kappa shape index (κ2) is 9.64. The fraction of sp³-hybridized carbons (Fsp3) is 0.250. The molecule has 172 valence electrons. The number of nitrogens with zero attached hydrogens (tertiary/aromatic N) is 2. The van der Waals surface area contributed by atoms with E-state index in [0.717, 1.165) is 5.56 Å². The molecule has 2 aromatic carbocycles. The first-order chi connectivity index (χ1) is 15.6. The molecule has 0 saturated heterocycles. The smallest absolute Gasteiger partial charge is 0.269 e. The normalized spacial score (nSPS) is 10.8. The number of rotatable bonds is 7. The summed E-state index contributed by atoms with van der Waals surface area (Å²) in [7, 11) is 0. The summed E-state index contributed by atoms with van der Waals surface area (Å²) < 4.78 is 14.9. The van der Waals surface area contributed by atoms with E-state index < -0.39 is 11.7 Å². The molecule has 3 aromatic rings. The van der Waals surface area contributed by atoms with E-state index in [1.165, 1.54) is 23.7 Å². The monoisotopic (exact) mass is 451 g/mol. The van der Waals surface area contributed by atoms with Gasteiger partial charge in [0.25, 0.3) is 11.8 Å². The lowest BCUT2D eigenvalue weighted by Crippen LogP contribution is -2.23. The maximum atomic E-state index is 13.5. The number of hydrogen-bond donors (Lipinski definition) is 3. The highest BCUT2D eigenvalue weighted by Crippen LogP contribution is 2.29. The Bertz CT molecular complexity index is 1220. The summed E-state index contributed by atoms with van der Waals surface area (Å²) in [5, 5.41) is 9.95. The molecule has 8 nitrogen and oxygen atoms in total. The second-order valence-corrected chi connectivity index (χ2v) is 8.03. The zero-order valence-corrected chi connectivity index (χ0v) is 18.9. The van der Waals surface area contributed by atoms with E-state index in [1.807, 2.05) is 13.8 Å². The Balaban J connectivity index is 1.85. The molecule has 33 heavy (non-hydrogen) atoms. The van der Waals surface area contributed by atoms with Crippen LogP contribution in [0.4, 0.5) is 10.1 Å². The first kappa shape index (κ1) is 23.6. The highest BCUT2D eigenvalue weighted by Gasteiger charge is 2.25. The van der Waals surface area contributed by atoms with Crippen LogP contribution in [0.25, 0.3) is 5.69 Å². The molecule has 3 rings (SSSR count). The van der Waals surface area contributed by atoms with Gasteiger partial charge in [0.05, 0.1) is 17.1 Å². The van der Waals surface area contributed by atoms with Crippen molar-refractivity contribution < 1.29 is 18.8 Å². The Hall–Kier alpha value is -4.01. The predicted octanol–water partition coefficient (Wildman–Crippen LogP) is 3.43. The molecular weight excluding hydrogens is 425 g/mol. The molecule has 9 heteroatoms. The number of hydrogen-bond acceptors (Lipinski definition) is 4. The van der Waals surface area contributed by atoms with Gasteiger partial charge < -0.3 is 16.4 Å². The van der Waals surface area contributed by atoms with Crippen molar-refractivity contribution in [2.75, 3.05) is 5.32 Å². The van der Waals surface area contributed by atoms with Gasteiger partial charge in [-0.3, -0.25) is 14.4 Å². The largest absolute Gasteiger partial charge is 0.364 e. The van der Waals surface area contributed by atoms with Gasteiger partial charge in [-0.05, 0) is 48.2 Å². The molecule has 1 heterocycles. The first-order valence-corrected chi connectivity index (χ1v) is 10.4. The van der Waals surface area contributed by atoms with Gasteiger partial charge in [-0.25, -0.2) is 9.07 Å². The molecule has 0 unspecified atom stereocenters. The Kier molecular flexibility index (Phi) is 6.91. The van der Waals surface area contributed by atoms with Crippen molar-refractivity contribution in [3.8, 4) is 5.69 Å². The molecule has 0 fully saturated rings. The fourth-order valence-electron chi connectivity index (χ4n) is 3.42. The average Bonchev–Trinajstić information content (AvgIpc) is 3.13. The Morgan fingerprint density at radius 2 is 1.79 bits per heavy atom. The molecule has 0 aliphatic heterocycles. The molecular formula is C24H26FN5O3. The van der Waals surface area contributed by atoms with Crippen LogP contribution in [-0.2, 0) is 11.3 Å². The van der Waals surface area contributed by atoms with Crippen molar-refractivity contribution in [3.05, 3.63) is 76.4 Å². The molecule has 0 bridgehead atoms. The second-order valence-electron chi connectivity index (χ2n) is 8.03. The third-order valence-electron chi connectivity index (χ3n) is 5.07. The maximum absolute atomic E-state index is 13.5. The number of nitrogens with one attached hydrogen (secondary N) is 2. The fourth-order valence-corrected chi connectivity index (χ4v) is 3.42. The van der Waals surface area contributed by atoms with Crippen LogP contribution in [0.2, 0.25) is 0 Å². The number of aryl methyl sites for hydroxylation is 1. The van der Waals surface area contributed by atoms with Crippen molar-refractivity contribution in [1.29, 1.82) is 0 Å². The van der Waals surface area contributed by atoms with Crippen LogP contribution in [0.15, 0.2) is 42.5 Å². The zero-order chi connectivity index (χ0) is 24.3. The summed E-state index contributed by atoms with van der Waals surface area (Å²) >= 11 is 0. The number of carbonyl (C=O) groups is 3. The molecule has 3 amide bonds. The summed E-state index contributed by atoms with van der Waals surface area (Å²) in [6, 6.07) is 11.1. The van der Waals surface area contributed by atoms with E-state index in [9.17, 15) is 18.8 Å². The lowest BCUT2D eigenvalue weighted by atomic mass is 10.1. The van der Waals surface area contributed by atoms with Crippen molar-refractivity contribution in [2.24, 2.45) is 5.73 Å². The average molecular weight is 452 g/mol. The molecule has 0 aliphatic carbocycles. The molecule has 0 atom stereocenters. The minimum Gasteiger partial charge on any atom is -0.364 e. The summed E-state index contributed by atoms with van der Waals surface area (Å²) in [6.07, 6.45) is 0. The molecule has 0 spiro atoms. The third-order valence-corrected chi connectivity index (χ3v) is 5.07. The van der Waals surface area contributed by atoms with E-state index >= 15 is 0 Å². The van der Waals surface area contributed by atoms with Gasteiger partial charge in [0.2, 0.25) is 5.91 Å². The number of nitrogens with two attached hydrogens (primary N) is 1. The Labute approximate surface area is 191 Å². The highest BCUT2D eigenvalue weighted by molar-refractivity contribution is 6.02. The van der Waals surface area contributed by atoms with Crippen LogP contribution >= 0.6 is 0 Å². The number of primary amides is 1. The van der Waals surface area contributed by atoms with Crippen LogP contribution in [0.1, 0.15) is 64.4 Å². The summed E-state index contributed by atoms with van der Waals surface area (Å²) in [4.78, 5) is 36.3. The molecule has 0 aliphatic rings. The summed E-state index contributed by atoms with van der Waals surface area (Å²) in [6.45, 7) is 7.11. The summed E-state index contributed by atoms with van der Waals surface area (Å²) in [5.74, 6) is -1.97. The van der Waals surface area contributed by atoms with Gasteiger partial charge in [-0.15, -0.1) is 0 Å². The lowest BCUT2D eigenvalue weighted by Gasteiger charge is -2.10. The van der Waals surface area contributed by atoms with Gasteiger partial charge in [-0.1, -0.05) is 32.0 Å². The standard InChI is InChI=1S/C24H26FN5O3/c1-13(2)20-21(28-15(4)31)22(23(26)32)30(29-20)18-9-6-16(7-10-18)12-27-24(33)19-11-17(25)8-5-14(19)3/h5-11,13H,12H2,1-4H3,(H2,26,32)(H,27,33)(H,28,31). The number of benzene rings is 2. The van der Waals surface area contributed by atoms with Gasteiger partial charge in [-0.2, -0.15) is 5.10 Å². The van der Waals surface area contributed by atoms with Crippen molar-refractivity contribution >= 4 is 23.4 Å². The van der Waals surface area contributed by atoms with Gasteiger partial charge >= 0.3 is 0 Å². The van der Waals surface area contributed by atoms with E-state index in [2.05, 4.69) is 15.7 Å². The van der Waals surface area contributed by atoms with Gasteiger partial charge in [0.1, 0.15) is 5.82 Å². The van der Waals surface area contributed by atoms with Crippen LogP contribution in [0.3, 0.4) is 0 Å². The number of aromatic nitrogens is 2. The van der Waals surface area contributed by atoms with Crippen LogP contribution in [-0.4, -0.2) is 27.5 Å². The van der Waals surface area contributed by atoms with E-state index in [-0.39, 0.29) is 35.5 Å². The topological polar surface area (TPSA) is 119 Å². The minimum absolute atomic E-state index is 0.0630. The Morgan fingerprint density at radius 1 is 1.12 bits per heavy atom. The lowest BCUT2D eigenvalue weighted by molar-refractivity contribution is -0.114. The quantitative estimate of drug-likeness (QED) is 0.510. The maximum Gasteiger partial charge on any atom is 0.269 e. The van der Waals surface area contributed by atoms with Crippen molar-refractivity contribution in [1.82, 2.24) is 15.1 Å². The Morgan fingerprint density at radius 3 is 2.36 bits per heavy atom. The third kappa shape index (κ3) is 5.25. The molecule has 0 radical (unpaired) electrons. The van der Waals surface area contributed by atoms with Crippen LogP contribution in [0.5, 0.6) is 0 Å². The highest BCUT2D eigenvalue weighted by atomic mass is 19.1.